The fraction of sp³-hybridized carbons (Fsp3) is 0.294. The molecule has 1 aromatic carbocycles. The van der Waals surface area contributed by atoms with E-state index in [9.17, 15) is 4.79 Å². The Bertz CT molecular complexity index is 694. The van der Waals surface area contributed by atoms with Crippen molar-refractivity contribution in [3.63, 3.8) is 0 Å². The summed E-state index contributed by atoms with van der Waals surface area (Å²) in [7, 11) is 0. The number of rotatable bonds is 3. The predicted molar refractivity (Wildman–Crippen MR) is 95.4 cm³/mol. The van der Waals surface area contributed by atoms with Gasteiger partial charge < -0.3 is 15.4 Å². The van der Waals surface area contributed by atoms with Gasteiger partial charge >= 0.3 is 0 Å². The molecule has 3 rings (SSSR count). The van der Waals surface area contributed by atoms with Crippen LogP contribution in [0.4, 0.5) is 0 Å². The first kappa shape index (κ1) is 18.7. The molecule has 1 aliphatic heterocycles. The van der Waals surface area contributed by atoms with Crippen molar-refractivity contribution in [3.05, 3.63) is 64.4 Å². The van der Waals surface area contributed by atoms with Crippen molar-refractivity contribution >= 4 is 29.9 Å². The number of morpholine rings is 1. The zero-order valence-corrected chi connectivity index (χ0v) is 14.6. The Labute approximate surface area is 152 Å². The smallest absolute Gasteiger partial charge is 0.254 e. The molecule has 1 unspecified atom stereocenters. The van der Waals surface area contributed by atoms with E-state index in [2.05, 4.69) is 4.98 Å². The van der Waals surface area contributed by atoms with Crippen molar-refractivity contribution in [2.45, 2.75) is 12.6 Å². The second-order valence-corrected chi connectivity index (χ2v) is 5.84. The number of aromatic nitrogens is 1. The van der Waals surface area contributed by atoms with Crippen LogP contribution in [0.3, 0.4) is 0 Å². The third-order valence-corrected chi connectivity index (χ3v) is 4.12. The zero-order valence-electron chi connectivity index (χ0n) is 13.0. The maximum atomic E-state index is 12.7. The van der Waals surface area contributed by atoms with Gasteiger partial charge in [0.2, 0.25) is 0 Å². The number of nitrogens with zero attached hydrogens (tertiary/aromatic N) is 2. The summed E-state index contributed by atoms with van der Waals surface area (Å²) in [5, 5.41) is 0.684. The van der Waals surface area contributed by atoms with Gasteiger partial charge in [-0.1, -0.05) is 23.7 Å². The maximum Gasteiger partial charge on any atom is 0.254 e. The normalized spacial score (nSPS) is 17.2. The van der Waals surface area contributed by atoms with Crippen molar-refractivity contribution in [2.24, 2.45) is 5.73 Å². The van der Waals surface area contributed by atoms with Crippen LogP contribution in [0.25, 0.3) is 0 Å². The molecule has 2 N–H and O–H groups in total. The highest BCUT2D eigenvalue weighted by Crippen LogP contribution is 2.24. The van der Waals surface area contributed by atoms with E-state index < -0.39 is 0 Å². The van der Waals surface area contributed by atoms with Crippen LogP contribution in [-0.2, 0) is 11.3 Å². The van der Waals surface area contributed by atoms with Crippen molar-refractivity contribution in [2.75, 3.05) is 19.7 Å². The number of amides is 1. The number of halogens is 2. The molecule has 5 nitrogen and oxygen atoms in total. The summed E-state index contributed by atoms with van der Waals surface area (Å²) >= 11 is 5.92. The molecule has 1 saturated heterocycles. The fourth-order valence-electron chi connectivity index (χ4n) is 2.62. The van der Waals surface area contributed by atoms with Crippen molar-refractivity contribution in [1.82, 2.24) is 9.88 Å². The van der Waals surface area contributed by atoms with Crippen LogP contribution in [0.2, 0.25) is 5.02 Å². The SMILES string of the molecule is Cl.NCc1cc(C(=O)N2CCOC(c3ccc(Cl)cc3)C2)ccn1. The first-order chi connectivity index (χ1) is 11.2. The van der Waals surface area contributed by atoms with Gasteiger partial charge in [-0.15, -0.1) is 12.4 Å². The Morgan fingerprint density at radius 3 is 2.79 bits per heavy atom. The number of ether oxygens (including phenoxy) is 1. The summed E-state index contributed by atoms with van der Waals surface area (Å²) in [5.41, 5.74) is 7.92. The Balaban J connectivity index is 0.00000208. The van der Waals surface area contributed by atoms with Gasteiger partial charge in [-0.2, -0.15) is 0 Å². The van der Waals surface area contributed by atoms with E-state index in [0.717, 1.165) is 5.56 Å². The molecule has 128 valence electrons. The highest BCUT2D eigenvalue weighted by molar-refractivity contribution is 6.30. The second kappa shape index (κ2) is 8.44. The number of carbonyl (C=O) groups is 1. The van der Waals surface area contributed by atoms with E-state index in [1.807, 2.05) is 24.3 Å². The van der Waals surface area contributed by atoms with E-state index in [1.54, 1.807) is 23.2 Å². The van der Waals surface area contributed by atoms with Crippen LogP contribution < -0.4 is 5.73 Å². The molecular formula is C17H19Cl2N3O2. The minimum absolute atomic E-state index is 0. The van der Waals surface area contributed by atoms with Gasteiger partial charge in [0, 0.05) is 29.9 Å². The average molecular weight is 368 g/mol. The average Bonchev–Trinajstić information content (AvgIpc) is 2.62. The van der Waals surface area contributed by atoms with Crippen LogP contribution in [-0.4, -0.2) is 35.5 Å². The van der Waals surface area contributed by atoms with E-state index in [1.165, 1.54) is 0 Å². The quantitative estimate of drug-likeness (QED) is 0.905. The van der Waals surface area contributed by atoms with Gasteiger partial charge in [-0.05, 0) is 29.8 Å². The standard InChI is InChI=1S/C17H18ClN3O2.ClH/c18-14-3-1-12(2-4-14)16-11-21(7-8-23-16)17(22)13-5-6-20-15(9-13)10-19;/h1-6,9,16H,7-8,10-11,19H2;1H. The lowest BCUT2D eigenvalue weighted by Gasteiger charge is -2.33. The van der Waals surface area contributed by atoms with Crippen LogP contribution in [0.1, 0.15) is 27.7 Å². The molecule has 1 atom stereocenters. The van der Waals surface area contributed by atoms with Crippen molar-refractivity contribution < 1.29 is 9.53 Å². The van der Waals surface area contributed by atoms with E-state index in [4.69, 9.17) is 22.1 Å². The third-order valence-electron chi connectivity index (χ3n) is 3.87. The second-order valence-electron chi connectivity index (χ2n) is 5.40. The topological polar surface area (TPSA) is 68.5 Å². The first-order valence-corrected chi connectivity index (χ1v) is 7.86. The van der Waals surface area contributed by atoms with Gasteiger partial charge in [0.1, 0.15) is 6.10 Å². The van der Waals surface area contributed by atoms with Gasteiger partial charge in [0.05, 0.1) is 18.8 Å². The fourth-order valence-corrected chi connectivity index (χ4v) is 2.74. The van der Waals surface area contributed by atoms with Crippen molar-refractivity contribution in [3.8, 4) is 0 Å². The molecule has 0 aliphatic carbocycles. The molecule has 7 heteroatoms. The van der Waals surface area contributed by atoms with Crippen LogP contribution in [0.15, 0.2) is 42.6 Å². The van der Waals surface area contributed by atoms with Gasteiger partial charge in [-0.3, -0.25) is 9.78 Å². The lowest BCUT2D eigenvalue weighted by Crippen LogP contribution is -2.42. The molecule has 2 aromatic rings. The lowest BCUT2D eigenvalue weighted by atomic mass is 10.1. The van der Waals surface area contributed by atoms with E-state index in [0.29, 0.717) is 42.5 Å². The summed E-state index contributed by atoms with van der Waals surface area (Å²) in [6, 6.07) is 11.0. The highest BCUT2D eigenvalue weighted by Gasteiger charge is 2.26. The molecule has 2 heterocycles. The van der Waals surface area contributed by atoms with Gasteiger partial charge in [-0.25, -0.2) is 0 Å². The molecule has 1 amide bonds. The number of pyridine rings is 1. The van der Waals surface area contributed by atoms with E-state index >= 15 is 0 Å². The number of nitrogens with two attached hydrogens (primary N) is 1. The number of hydrogen-bond acceptors (Lipinski definition) is 4. The number of benzene rings is 1. The summed E-state index contributed by atoms with van der Waals surface area (Å²) in [6.45, 7) is 1.91. The van der Waals surface area contributed by atoms with Gasteiger partial charge in [0.15, 0.2) is 0 Å². The number of carbonyl (C=O) groups excluding carboxylic acids is 1. The van der Waals surface area contributed by atoms with Crippen molar-refractivity contribution in [1.29, 1.82) is 0 Å². The first-order valence-electron chi connectivity index (χ1n) is 7.48. The third kappa shape index (κ3) is 4.24. The van der Waals surface area contributed by atoms with Crippen LogP contribution in [0.5, 0.6) is 0 Å². The summed E-state index contributed by atoms with van der Waals surface area (Å²) < 4.78 is 5.80. The maximum absolute atomic E-state index is 12.7. The Kier molecular flexibility index (Phi) is 6.57. The molecule has 24 heavy (non-hydrogen) atoms. The zero-order chi connectivity index (χ0) is 16.2. The highest BCUT2D eigenvalue weighted by atomic mass is 35.5. The predicted octanol–water partition coefficient (Wildman–Crippen LogP) is 2.83. The molecular weight excluding hydrogens is 349 g/mol. The minimum atomic E-state index is -0.138. The van der Waals surface area contributed by atoms with Crippen LogP contribution in [0, 0.1) is 0 Å². The number of hydrogen-bond donors (Lipinski definition) is 1. The molecule has 1 fully saturated rings. The van der Waals surface area contributed by atoms with Gasteiger partial charge in [0.25, 0.3) is 5.91 Å². The molecule has 0 spiro atoms. The molecule has 0 bridgehead atoms. The van der Waals surface area contributed by atoms with E-state index in [-0.39, 0.29) is 24.4 Å². The Hall–Kier alpha value is -1.66. The lowest BCUT2D eigenvalue weighted by molar-refractivity contribution is -0.0228. The van der Waals surface area contributed by atoms with Crippen LogP contribution >= 0.6 is 24.0 Å². The monoisotopic (exact) mass is 367 g/mol. The molecule has 1 aromatic heterocycles. The molecule has 0 radical (unpaired) electrons. The molecule has 0 saturated carbocycles. The summed E-state index contributed by atoms with van der Waals surface area (Å²) in [5.74, 6) is -0.0237. The Morgan fingerprint density at radius 2 is 2.08 bits per heavy atom. The Morgan fingerprint density at radius 1 is 1.33 bits per heavy atom. The summed E-state index contributed by atoms with van der Waals surface area (Å²) in [6.07, 6.45) is 1.48. The minimum Gasteiger partial charge on any atom is -0.370 e. The summed E-state index contributed by atoms with van der Waals surface area (Å²) in [4.78, 5) is 18.6. The molecule has 1 aliphatic rings. The largest absolute Gasteiger partial charge is 0.370 e.